The number of thiophene rings is 1. The highest BCUT2D eigenvalue weighted by atomic mass is 35.5. The number of methoxy groups -OCH3 is 4. The van der Waals surface area contributed by atoms with Gasteiger partial charge in [0.15, 0.2) is 51.0 Å². The van der Waals surface area contributed by atoms with Gasteiger partial charge in [-0.3, -0.25) is 10.1 Å². The Labute approximate surface area is 381 Å². The van der Waals surface area contributed by atoms with Crippen molar-refractivity contribution in [2.24, 2.45) is 0 Å². The first-order valence-corrected chi connectivity index (χ1v) is 20.6. The van der Waals surface area contributed by atoms with Crippen molar-refractivity contribution in [1.29, 1.82) is 0 Å². The van der Waals surface area contributed by atoms with E-state index in [4.69, 9.17) is 42.1 Å². The Balaban J connectivity index is 0.000000135. The van der Waals surface area contributed by atoms with Crippen LogP contribution < -0.4 is 34.6 Å². The zero-order chi connectivity index (χ0) is 46.3. The second-order valence-electron chi connectivity index (χ2n) is 13.9. The van der Waals surface area contributed by atoms with Gasteiger partial charge in [0.25, 0.3) is 5.69 Å². The Hall–Kier alpha value is -7.81. The summed E-state index contributed by atoms with van der Waals surface area (Å²) in [5.74, 6) is 3.14. The van der Waals surface area contributed by atoms with Gasteiger partial charge >= 0.3 is 0 Å². The average molecular weight is 933 g/mol. The van der Waals surface area contributed by atoms with Gasteiger partial charge in [-0.1, -0.05) is 54.3 Å². The molecular weight excluding hydrogens is 898 g/mol. The molecule has 10 rings (SSSR count). The molecule has 0 unspecified atom stereocenters. The highest BCUT2D eigenvalue weighted by Gasteiger charge is 2.19. The number of rotatable bonds is 9. The van der Waals surface area contributed by atoms with Gasteiger partial charge < -0.3 is 18.9 Å². The summed E-state index contributed by atoms with van der Waals surface area (Å²) in [5, 5.41) is 40.7. The maximum absolute atomic E-state index is 10.7. The van der Waals surface area contributed by atoms with Crippen LogP contribution in [0.2, 0.25) is 10.0 Å². The SMILES string of the molecule is C=c1c(-c2ccc(OC)s2)nn2nc(-c3ccc([N+](=O)[O-])cc3)nc12.C=c1c(C)nn2nc(-c3cc(OC)c(OC)c(OC)c3)nc12.C=c1c(C)nn2nc(-c3ccc(Cl)c(Cl)c3)nc12. The number of nitro groups is 1. The summed E-state index contributed by atoms with van der Waals surface area (Å²) in [6.45, 7) is 15.7. The first-order chi connectivity index (χ1) is 31.2. The number of nitrogens with zero attached hydrogens (tertiary/aromatic N) is 13. The van der Waals surface area contributed by atoms with Crippen LogP contribution in [0.5, 0.6) is 22.3 Å². The van der Waals surface area contributed by atoms with Crippen LogP contribution in [0.1, 0.15) is 11.4 Å². The Kier molecular flexibility index (Phi) is 12.0. The first kappa shape index (κ1) is 43.8. The summed E-state index contributed by atoms with van der Waals surface area (Å²) < 4.78 is 25.6. The Morgan fingerprint density at radius 3 is 1.55 bits per heavy atom. The topological polar surface area (TPSA) is 209 Å². The van der Waals surface area contributed by atoms with E-state index in [1.807, 2.05) is 32.0 Å². The van der Waals surface area contributed by atoms with Gasteiger partial charge in [-0.25, -0.2) is 15.0 Å². The van der Waals surface area contributed by atoms with E-state index >= 15 is 0 Å². The second kappa shape index (κ2) is 17.8. The lowest BCUT2D eigenvalue weighted by molar-refractivity contribution is -0.384. The lowest BCUT2D eigenvalue weighted by atomic mass is 10.1. The third-order valence-electron chi connectivity index (χ3n) is 9.88. The van der Waals surface area contributed by atoms with Crippen molar-refractivity contribution < 1.29 is 23.9 Å². The zero-order valence-electron chi connectivity index (χ0n) is 35.4. The van der Waals surface area contributed by atoms with Crippen LogP contribution in [-0.4, -0.2) is 92.8 Å². The normalized spacial score (nSPS) is 11.1. The van der Waals surface area contributed by atoms with E-state index in [-0.39, 0.29) is 5.69 Å². The third-order valence-corrected chi connectivity index (χ3v) is 11.7. The van der Waals surface area contributed by atoms with E-state index < -0.39 is 4.92 Å². The van der Waals surface area contributed by atoms with Crippen molar-refractivity contribution in [3.05, 3.63) is 114 Å². The lowest BCUT2D eigenvalue weighted by Gasteiger charge is -2.12. The summed E-state index contributed by atoms with van der Waals surface area (Å²) in [5.41, 5.74) is 6.44. The molecule has 7 heterocycles. The fourth-order valence-corrected chi connectivity index (χ4v) is 7.51. The third kappa shape index (κ3) is 8.40. The molecule has 0 spiro atoms. The van der Waals surface area contributed by atoms with Crippen LogP contribution in [0.25, 0.3) is 81.4 Å². The number of aryl methyl sites for hydroxylation is 2. The van der Waals surface area contributed by atoms with Crippen molar-refractivity contribution >= 4 is 76.9 Å². The quantitative estimate of drug-likeness (QED) is 0.114. The predicted molar refractivity (Wildman–Crippen MR) is 247 cm³/mol. The minimum Gasteiger partial charge on any atom is -0.493 e. The molecule has 0 fully saturated rings. The second-order valence-corrected chi connectivity index (χ2v) is 15.7. The molecule has 0 saturated carbocycles. The molecular formula is C43H35Cl2N13O6S. The molecule has 0 amide bonds. The van der Waals surface area contributed by atoms with E-state index in [9.17, 15) is 10.1 Å². The molecule has 328 valence electrons. The number of non-ortho nitro benzene ring substituents is 1. The van der Waals surface area contributed by atoms with E-state index in [0.29, 0.717) is 78.2 Å². The van der Waals surface area contributed by atoms with Crippen LogP contribution in [0, 0.1) is 24.0 Å². The summed E-state index contributed by atoms with van der Waals surface area (Å²) in [6, 6.07) is 18.7. The molecule has 19 nitrogen and oxygen atoms in total. The minimum atomic E-state index is -0.446. The molecule has 22 heteroatoms. The monoisotopic (exact) mass is 931 g/mol. The Morgan fingerprint density at radius 1 is 0.585 bits per heavy atom. The van der Waals surface area contributed by atoms with Gasteiger partial charge in [-0.05, 0) is 68.4 Å². The molecule has 0 radical (unpaired) electrons. The fourth-order valence-electron chi connectivity index (χ4n) is 6.38. The van der Waals surface area contributed by atoms with E-state index in [1.54, 1.807) is 64.8 Å². The average Bonchev–Trinajstić information content (AvgIpc) is 4.19. The largest absolute Gasteiger partial charge is 0.493 e. The van der Waals surface area contributed by atoms with Gasteiger partial charge in [0, 0.05) is 44.5 Å². The van der Waals surface area contributed by atoms with E-state index in [0.717, 1.165) is 42.9 Å². The number of fused-ring (bicyclic) bond motifs is 3. The molecule has 7 aromatic heterocycles. The molecule has 0 atom stereocenters. The van der Waals surface area contributed by atoms with Crippen LogP contribution >= 0.6 is 34.5 Å². The molecule has 0 aliphatic heterocycles. The Morgan fingerprint density at radius 2 is 1.09 bits per heavy atom. The summed E-state index contributed by atoms with van der Waals surface area (Å²) in [7, 11) is 6.31. The maximum Gasteiger partial charge on any atom is 0.269 e. The molecule has 10 aromatic rings. The molecule has 0 saturated heterocycles. The molecule has 0 aliphatic carbocycles. The van der Waals surface area contributed by atoms with Crippen molar-refractivity contribution in [3.8, 4) is 67.0 Å². The van der Waals surface area contributed by atoms with Crippen molar-refractivity contribution in [1.82, 2.24) is 59.4 Å². The molecule has 3 aromatic carbocycles. The standard InChI is InChI=1S/C16H11N5O3S.C15H16N4O3.C12H8Cl2N4/c1-9-14(12-7-8-13(24-2)25-12)18-20-16(9)17-15(19-20)10-3-5-11(6-4-10)21(22)23;1-8-9(2)17-19-15(8)16-14(18-19)10-6-11(20-3)13(22-5)12(7-10)21-4;1-6-7(2)16-18-12(6)15-11(17-18)8-3-4-9(13)10(14)5-8/h3-8H,1H2,2H3;6-7H,1H2,2-5H3;3-5H,1H2,2H3. The number of hydrogen-bond acceptors (Lipinski definition) is 16. The highest BCUT2D eigenvalue weighted by Crippen LogP contribution is 2.40. The predicted octanol–water partition coefficient (Wildman–Crippen LogP) is 6.36. The number of hydrogen-bond donors (Lipinski definition) is 0. The summed E-state index contributed by atoms with van der Waals surface area (Å²) in [4.78, 5) is 24.6. The summed E-state index contributed by atoms with van der Waals surface area (Å²) >= 11 is 13.3. The number of nitro benzene ring substituents is 1. The molecule has 0 bridgehead atoms. The van der Waals surface area contributed by atoms with Crippen molar-refractivity contribution in [3.63, 3.8) is 0 Å². The van der Waals surface area contributed by atoms with E-state index in [2.05, 4.69) is 65.3 Å². The van der Waals surface area contributed by atoms with Gasteiger partial charge in [0.1, 0.15) is 5.69 Å². The van der Waals surface area contributed by atoms with Crippen LogP contribution in [-0.2, 0) is 0 Å². The number of ether oxygens (including phenoxy) is 4. The fraction of sp³-hybridized carbons (Fsp3) is 0.140. The number of halogens is 2. The van der Waals surface area contributed by atoms with Gasteiger partial charge in [-0.2, -0.15) is 10.2 Å². The number of aromatic nitrogens is 12. The van der Waals surface area contributed by atoms with Gasteiger partial charge in [-0.15, -0.1) is 34.3 Å². The van der Waals surface area contributed by atoms with Gasteiger partial charge in [0.2, 0.25) is 5.75 Å². The molecule has 0 aliphatic rings. The molecule has 65 heavy (non-hydrogen) atoms. The summed E-state index contributed by atoms with van der Waals surface area (Å²) in [6.07, 6.45) is 0. The maximum atomic E-state index is 10.7. The number of benzene rings is 3. The Bertz CT molecular complexity index is 3530. The first-order valence-electron chi connectivity index (χ1n) is 19.1. The van der Waals surface area contributed by atoms with Crippen molar-refractivity contribution in [2.75, 3.05) is 28.4 Å². The highest BCUT2D eigenvalue weighted by molar-refractivity contribution is 7.17. The van der Waals surface area contributed by atoms with Gasteiger partial charge in [0.05, 0.1) is 59.7 Å². The smallest absolute Gasteiger partial charge is 0.269 e. The van der Waals surface area contributed by atoms with E-state index in [1.165, 1.54) is 37.4 Å². The van der Waals surface area contributed by atoms with Crippen molar-refractivity contribution in [2.45, 2.75) is 13.8 Å². The van der Waals surface area contributed by atoms with Crippen LogP contribution in [0.15, 0.2) is 66.7 Å². The van der Waals surface area contributed by atoms with Crippen LogP contribution in [0.3, 0.4) is 0 Å². The molecule has 0 N–H and O–H groups in total. The lowest BCUT2D eigenvalue weighted by Crippen LogP contribution is -1.99. The minimum absolute atomic E-state index is 0.0202. The van der Waals surface area contributed by atoms with Crippen LogP contribution in [0.4, 0.5) is 5.69 Å². The zero-order valence-corrected chi connectivity index (χ0v) is 37.7.